The Labute approximate surface area is 180 Å². The van der Waals surface area contributed by atoms with E-state index in [1.54, 1.807) is 53.4 Å². The minimum Gasteiger partial charge on any atom is -0.497 e. The summed E-state index contributed by atoms with van der Waals surface area (Å²) < 4.78 is 32.2. The number of sulfone groups is 1. The Balaban J connectivity index is 1.42. The molecule has 9 heteroatoms. The minimum absolute atomic E-state index is 0.118. The molecule has 1 fully saturated rings. The smallest absolute Gasteiger partial charge is 0.261 e. The highest BCUT2D eigenvalue weighted by atomic mass is 32.2. The number of ether oxygens (including phenoxy) is 1. The topological polar surface area (TPSA) is 98.6 Å². The first-order valence-corrected chi connectivity index (χ1v) is 11.5. The summed E-state index contributed by atoms with van der Waals surface area (Å²) in [6, 6.07) is 13.3. The maximum absolute atomic E-state index is 12.9. The molecule has 0 saturated carbocycles. The van der Waals surface area contributed by atoms with Gasteiger partial charge < -0.3 is 9.64 Å². The molecular formula is C22H23N3O5S. The van der Waals surface area contributed by atoms with Crippen molar-refractivity contribution in [3.63, 3.8) is 0 Å². The molecule has 2 aromatic carbocycles. The zero-order valence-corrected chi connectivity index (χ0v) is 17.9. The number of benzene rings is 2. The lowest BCUT2D eigenvalue weighted by Crippen LogP contribution is -2.44. The van der Waals surface area contributed by atoms with Gasteiger partial charge in [-0.3, -0.25) is 14.2 Å². The van der Waals surface area contributed by atoms with Crippen LogP contribution in [0.4, 0.5) is 0 Å². The van der Waals surface area contributed by atoms with Gasteiger partial charge in [0, 0.05) is 13.1 Å². The maximum Gasteiger partial charge on any atom is 0.261 e. The van der Waals surface area contributed by atoms with Crippen LogP contribution < -0.4 is 10.3 Å². The highest BCUT2D eigenvalue weighted by Crippen LogP contribution is 2.26. The lowest BCUT2D eigenvalue weighted by molar-refractivity contribution is -0.132. The molecule has 1 aliphatic rings. The van der Waals surface area contributed by atoms with E-state index in [9.17, 15) is 18.0 Å². The van der Waals surface area contributed by atoms with Crippen LogP contribution in [0.1, 0.15) is 12.8 Å². The van der Waals surface area contributed by atoms with E-state index in [1.165, 1.54) is 18.0 Å². The molecule has 3 aromatic rings. The van der Waals surface area contributed by atoms with E-state index in [0.29, 0.717) is 42.6 Å². The third-order valence-electron chi connectivity index (χ3n) is 5.66. The Hall–Kier alpha value is -3.20. The fourth-order valence-electron chi connectivity index (χ4n) is 3.84. The Bertz CT molecular complexity index is 1260. The number of methoxy groups -OCH3 is 1. The SMILES string of the molecule is COc1ccc(S(=O)(=O)C2CCN(C(=O)Cn3cnc4ccccc4c3=O)CC2)cc1. The van der Waals surface area contributed by atoms with Gasteiger partial charge >= 0.3 is 0 Å². The quantitative estimate of drug-likeness (QED) is 0.600. The van der Waals surface area contributed by atoms with Crippen molar-refractivity contribution in [3.05, 3.63) is 65.2 Å². The van der Waals surface area contributed by atoms with E-state index in [4.69, 9.17) is 4.74 Å². The first-order valence-electron chi connectivity index (χ1n) is 10.00. The summed E-state index contributed by atoms with van der Waals surface area (Å²) in [7, 11) is -1.96. The zero-order chi connectivity index (χ0) is 22.0. The van der Waals surface area contributed by atoms with E-state index < -0.39 is 15.1 Å². The molecule has 4 rings (SSSR count). The number of fused-ring (bicyclic) bond motifs is 1. The van der Waals surface area contributed by atoms with Crippen molar-refractivity contribution in [2.75, 3.05) is 20.2 Å². The monoisotopic (exact) mass is 441 g/mol. The molecule has 2 heterocycles. The lowest BCUT2D eigenvalue weighted by Gasteiger charge is -2.32. The van der Waals surface area contributed by atoms with E-state index in [1.807, 2.05) is 0 Å². The fraction of sp³-hybridized carbons (Fsp3) is 0.318. The third-order valence-corrected chi connectivity index (χ3v) is 7.94. The number of nitrogens with zero attached hydrogens (tertiary/aromatic N) is 3. The highest BCUT2D eigenvalue weighted by Gasteiger charge is 2.32. The third kappa shape index (κ3) is 4.18. The van der Waals surface area contributed by atoms with Gasteiger partial charge in [-0.15, -0.1) is 0 Å². The average Bonchev–Trinajstić information content (AvgIpc) is 2.81. The second-order valence-corrected chi connectivity index (χ2v) is 9.72. The number of carbonyl (C=O) groups excluding carboxylic acids is 1. The van der Waals surface area contributed by atoms with Crippen LogP contribution in [0, 0.1) is 0 Å². The van der Waals surface area contributed by atoms with Gasteiger partial charge in [-0.05, 0) is 49.2 Å². The molecular weight excluding hydrogens is 418 g/mol. The van der Waals surface area contributed by atoms with Crippen LogP contribution in [0.5, 0.6) is 5.75 Å². The Kier molecular flexibility index (Phi) is 5.77. The summed E-state index contributed by atoms with van der Waals surface area (Å²) in [6.07, 6.45) is 2.08. The molecule has 0 N–H and O–H groups in total. The second kappa shape index (κ2) is 8.50. The minimum atomic E-state index is -3.48. The first kappa shape index (κ1) is 21.0. The summed E-state index contributed by atoms with van der Waals surface area (Å²) in [5.74, 6) is 0.372. The number of rotatable bonds is 5. The van der Waals surface area contributed by atoms with E-state index >= 15 is 0 Å². The summed E-state index contributed by atoms with van der Waals surface area (Å²) in [6.45, 7) is 0.538. The Morgan fingerprint density at radius 3 is 2.45 bits per heavy atom. The number of likely N-dealkylation sites (tertiary alicyclic amines) is 1. The number of hydrogen-bond acceptors (Lipinski definition) is 6. The van der Waals surface area contributed by atoms with Crippen LogP contribution in [0.15, 0.2) is 64.5 Å². The van der Waals surface area contributed by atoms with Crippen LogP contribution in [-0.4, -0.2) is 54.2 Å². The number of aromatic nitrogens is 2. The van der Waals surface area contributed by atoms with Gasteiger partial charge in [0.15, 0.2) is 9.84 Å². The molecule has 31 heavy (non-hydrogen) atoms. The summed E-state index contributed by atoms with van der Waals surface area (Å²) in [5.41, 5.74) is 0.316. The van der Waals surface area contributed by atoms with Gasteiger partial charge in [-0.2, -0.15) is 0 Å². The predicted octanol–water partition coefficient (Wildman–Crippen LogP) is 1.87. The molecule has 1 aliphatic heterocycles. The molecule has 1 amide bonds. The van der Waals surface area contributed by atoms with Crippen molar-refractivity contribution in [3.8, 4) is 5.75 Å². The van der Waals surface area contributed by atoms with Crippen LogP contribution in [0.2, 0.25) is 0 Å². The highest BCUT2D eigenvalue weighted by molar-refractivity contribution is 7.92. The van der Waals surface area contributed by atoms with Crippen molar-refractivity contribution in [2.45, 2.75) is 29.5 Å². The van der Waals surface area contributed by atoms with Gasteiger partial charge in [0.25, 0.3) is 5.56 Å². The number of amides is 1. The molecule has 0 atom stereocenters. The summed E-state index contributed by atoms with van der Waals surface area (Å²) >= 11 is 0. The number of carbonyl (C=O) groups is 1. The molecule has 0 aliphatic carbocycles. The maximum atomic E-state index is 12.9. The number of para-hydroxylation sites is 1. The van der Waals surface area contributed by atoms with Crippen molar-refractivity contribution in [1.82, 2.24) is 14.5 Å². The lowest BCUT2D eigenvalue weighted by atomic mass is 10.1. The van der Waals surface area contributed by atoms with Crippen LogP contribution in [0.25, 0.3) is 10.9 Å². The Morgan fingerprint density at radius 1 is 1.10 bits per heavy atom. The largest absolute Gasteiger partial charge is 0.497 e. The van der Waals surface area contributed by atoms with Crippen LogP contribution in [-0.2, 0) is 21.2 Å². The molecule has 1 saturated heterocycles. The summed E-state index contributed by atoms with van der Waals surface area (Å²) in [5, 5.41) is -0.0860. The number of hydrogen-bond donors (Lipinski definition) is 0. The summed E-state index contributed by atoms with van der Waals surface area (Å²) in [4.78, 5) is 31.4. The molecule has 0 spiro atoms. The normalized spacial score (nSPS) is 15.2. The van der Waals surface area contributed by atoms with Gasteiger partial charge in [-0.25, -0.2) is 13.4 Å². The number of piperidine rings is 1. The Morgan fingerprint density at radius 2 is 1.77 bits per heavy atom. The molecule has 8 nitrogen and oxygen atoms in total. The molecule has 0 unspecified atom stereocenters. The average molecular weight is 442 g/mol. The standard InChI is InChI=1S/C22H23N3O5S/c1-30-16-6-8-17(9-7-16)31(28,29)18-10-12-24(13-11-18)21(26)14-25-15-23-20-5-3-2-4-19(20)22(25)27/h2-9,15,18H,10-14H2,1H3. The zero-order valence-electron chi connectivity index (χ0n) is 17.1. The van der Waals surface area contributed by atoms with Crippen LogP contribution in [0.3, 0.4) is 0 Å². The molecule has 0 bridgehead atoms. The second-order valence-electron chi connectivity index (χ2n) is 7.50. The molecule has 0 radical (unpaired) electrons. The van der Waals surface area contributed by atoms with Crippen molar-refractivity contribution >= 4 is 26.6 Å². The van der Waals surface area contributed by atoms with E-state index in [2.05, 4.69) is 4.98 Å². The van der Waals surface area contributed by atoms with Gasteiger partial charge in [0.1, 0.15) is 12.3 Å². The van der Waals surface area contributed by atoms with Crippen molar-refractivity contribution in [2.24, 2.45) is 0 Å². The fourth-order valence-corrected chi connectivity index (χ4v) is 5.57. The molecule has 162 valence electrons. The van der Waals surface area contributed by atoms with Gasteiger partial charge in [-0.1, -0.05) is 12.1 Å². The van der Waals surface area contributed by atoms with Gasteiger partial charge in [0.05, 0.1) is 34.5 Å². The first-order chi connectivity index (χ1) is 14.9. The van der Waals surface area contributed by atoms with Crippen LogP contribution >= 0.6 is 0 Å². The van der Waals surface area contributed by atoms with E-state index in [0.717, 1.165) is 0 Å². The van der Waals surface area contributed by atoms with Gasteiger partial charge in [0.2, 0.25) is 5.91 Å². The predicted molar refractivity (Wildman–Crippen MR) is 116 cm³/mol. The van der Waals surface area contributed by atoms with Crippen molar-refractivity contribution in [1.29, 1.82) is 0 Å². The van der Waals surface area contributed by atoms with Crippen molar-refractivity contribution < 1.29 is 17.9 Å². The molecule has 1 aromatic heterocycles. The van der Waals surface area contributed by atoms with E-state index in [-0.39, 0.29) is 22.9 Å².